The molecule has 4 heterocycles. The highest BCUT2D eigenvalue weighted by Gasteiger charge is 2.43. The number of phenolic OH excluding ortho intramolecular Hbond substituents is 1. The van der Waals surface area contributed by atoms with Gasteiger partial charge in [0.15, 0.2) is 0 Å². The molecule has 0 aromatic heterocycles. The smallest absolute Gasteiger partial charge is 0.344 e. The van der Waals surface area contributed by atoms with Gasteiger partial charge in [0.25, 0.3) is 5.91 Å². The van der Waals surface area contributed by atoms with Crippen molar-refractivity contribution in [3.8, 4) is 11.5 Å². The minimum atomic E-state index is -1.87. The third-order valence-corrected chi connectivity index (χ3v) is 20.1. The molecule has 4 aliphatic heterocycles. The summed E-state index contributed by atoms with van der Waals surface area (Å²) in [7, 11) is 0. The number of rotatable bonds is 17. The number of fused-ring (bicyclic) bond motifs is 7. The lowest BCUT2D eigenvalue weighted by Crippen LogP contribution is -2.61. The van der Waals surface area contributed by atoms with Crippen LogP contribution in [0.3, 0.4) is 0 Å². The van der Waals surface area contributed by atoms with Gasteiger partial charge in [-0.25, -0.2) is 4.79 Å². The molecule has 2 fully saturated rings. The number of carboxylic acids is 1. The third kappa shape index (κ3) is 27.1. The number of primary amides is 1. The summed E-state index contributed by atoms with van der Waals surface area (Å²) in [6, 6.07) is -3.21. The number of hydrogen-bond donors (Lipinski definition) is 13. The molecule has 0 unspecified atom stereocenters. The van der Waals surface area contributed by atoms with Gasteiger partial charge in [0.1, 0.15) is 84.7 Å². The van der Waals surface area contributed by atoms with Crippen LogP contribution in [0.15, 0.2) is 47.6 Å². The van der Waals surface area contributed by atoms with Crippen molar-refractivity contribution in [2.75, 3.05) is 56.4 Å². The molecule has 0 saturated carbocycles. The fraction of sp³-hybridized carbons (Fsp3) is 0.612. The molecule has 2 saturated heterocycles. The van der Waals surface area contributed by atoms with Crippen LogP contribution in [0.1, 0.15) is 133 Å². The molecule has 0 aliphatic carbocycles. The maximum atomic E-state index is 15.2. The number of nitrogens with zero attached hydrogens (tertiary/aromatic N) is 3. The minimum Gasteiger partial charge on any atom is -0.508 e. The summed E-state index contributed by atoms with van der Waals surface area (Å²) in [5.41, 5.74) is 13.5. The highest BCUT2D eigenvalue weighted by atomic mass is 32.2. The normalized spacial score (nSPS) is 25.4. The Morgan fingerprint density at radius 2 is 1.23 bits per heavy atom. The highest BCUT2D eigenvalue weighted by molar-refractivity contribution is 7.99. The van der Waals surface area contributed by atoms with Crippen LogP contribution >= 0.6 is 35.3 Å². The van der Waals surface area contributed by atoms with Gasteiger partial charge in [0.05, 0.1) is 13.0 Å². The number of thioether (sulfide) groups is 3. The second kappa shape index (κ2) is 42.9. The molecule has 2 aromatic carbocycles. The molecule has 10 atom stereocenters. The average molecular weight is 1480 g/mol. The molecule has 102 heavy (non-hydrogen) atoms. The maximum absolute atomic E-state index is 15.2. The van der Waals surface area contributed by atoms with Crippen molar-refractivity contribution in [2.45, 2.75) is 195 Å². The SMILES string of the molecule is CSCC[C@@H]1NC(=O)[C@H](CC(=O)OO)NC(=O)[C@H](CC(C)C)NC(=O)[C@@H]2CCCN2C(=O)[C@@H]2CSCc3cc(cc(c3)OCCCCCCO/N=C/C(=O)N[C@@H](CCCCN)C(=O)N2)CSC[C@@H](C(N)=O)NC(=O)[C@H](CCC(=O)O)NC(=O)[C@H](Cc2ccc(O)cc2)NC(=O)[C@@H]2CCCN2C1=O. The quantitative estimate of drug-likeness (QED) is 0.0586. The first-order chi connectivity index (χ1) is 48.9. The second-order valence-electron chi connectivity index (χ2n) is 25.8. The molecule has 6 rings (SSSR count). The van der Waals surface area contributed by atoms with Crippen molar-refractivity contribution >= 4 is 118 Å². The standard InChI is InChI=1S/C67H97N13O19S3/c1-39(2)28-48-61(89)74-50(33-57(85)99-96)63(91)73-47(21-27-100-3)66(94)79-23-10-13-53(79)65(93)76-49(32-40-15-17-43(81)18-16-40)62(90)72-46(19-20-56(83)84)60(88)77-51(58(69)86)37-101-35-41-29-42-31-44(30-41)97-25-8-4-5-9-26-98-70-34-55(82)71-45(12-6-7-22-68)59(87)78-52(38-102-36-42)67(95)80-24-11-14-54(80)64(92)75-48/h15-18,29-31,34,39,45-54,81,96H,4-14,19-28,32-33,35-38,68H2,1-3H3,(H2,69,86)(H,71,82)(H,72,90)(H,73,91)(H,74,89)(H,75,92)(H,76,93)(H,77,88)(H,78,87)(H,83,84)/b70-34+/t45-,46-,47-,48-,49-,50-,51-,52-,53-,54-/m0/s1. The number of carbonyl (C=O) groups excluding carboxylic acids is 12. The van der Waals surface area contributed by atoms with E-state index < -0.39 is 157 Å². The number of hydrogen-bond acceptors (Lipinski definition) is 23. The topological polar surface area (TPSA) is 477 Å². The van der Waals surface area contributed by atoms with Crippen LogP contribution in [0.4, 0.5) is 0 Å². The molecule has 2 aromatic rings. The molecular weight excluding hydrogens is 1390 g/mol. The largest absolute Gasteiger partial charge is 0.508 e. The van der Waals surface area contributed by atoms with Crippen LogP contribution in [0.2, 0.25) is 0 Å². The predicted octanol–water partition coefficient (Wildman–Crippen LogP) is 0.615. The van der Waals surface area contributed by atoms with Gasteiger partial charge in [-0.3, -0.25) is 57.5 Å². The fourth-order valence-corrected chi connectivity index (χ4v) is 14.4. The van der Waals surface area contributed by atoms with Gasteiger partial charge in [0.2, 0.25) is 59.1 Å². The lowest BCUT2D eigenvalue weighted by atomic mass is 10.0. The van der Waals surface area contributed by atoms with E-state index in [1.165, 1.54) is 69.4 Å². The van der Waals surface area contributed by atoms with Crippen molar-refractivity contribution in [1.82, 2.24) is 52.3 Å². The van der Waals surface area contributed by atoms with Gasteiger partial charge >= 0.3 is 11.9 Å². The summed E-state index contributed by atoms with van der Waals surface area (Å²) in [6.07, 6.45) is 4.64. The number of nitrogens with two attached hydrogens (primary N) is 2. The number of nitrogens with one attached hydrogen (secondary N) is 8. The molecule has 4 aliphatic rings. The van der Waals surface area contributed by atoms with Crippen molar-refractivity contribution < 1.29 is 92.3 Å². The number of carbonyl (C=O) groups is 13. The Labute approximate surface area is 604 Å². The summed E-state index contributed by atoms with van der Waals surface area (Å²) < 4.78 is 6.29. The van der Waals surface area contributed by atoms with Gasteiger partial charge in [-0.05, 0) is 155 Å². The average Bonchev–Trinajstić information content (AvgIpc) is 1.60. The van der Waals surface area contributed by atoms with Crippen LogP contribution in [0, 0.1) is 5.92 Å². The Balaban J connectivity index is 1.43. The van der Waals surface area contributed by atoms with Crippen LogP contribution < -0.4 is 58.7 Å². The predicted molar refractivity (Wildman–Crippen MR) is 379 cm³/mol. The van der Waals surface area contributed by atoms with Crippen LogP contribution in [0.25, 0.3) is 0 Å². The summed E-state index contributed by atoms with van der Waals surface area (Å²) in [5, 5.41) is 54.4. The number of amides is 11. The molecule has 32 nitrogen and oxygen atoms in total. The number of carboxylic acid groups (broad SMARTS) is 1. The monoisotopic (exact) mass is 1480 g/mol. The molecule has 0 spiro atoms. The fourth-order valence-electron chi connectivity index (χ4n) is 12.0. The minimum absolute atomic E-state index is 0.0236. The molecule has 0 radical (unpaired) electrons. The van der Waals surface area contributed by atoms with Gasteiger partial charge in [0, 0.05) is 48.9 Å². The van der Waals surface area contributed by atoms with Crippen LogP contribution in [-0.4, -0.2) is 225 Å². The lowest BCUT2D eigenvalue weighted by Gasteiger charge is -2.31. The van der Waals surface area contributed by atoms with E-state index in [0.717, 1.165) is 19.1 Å². The molecule has 11 amide bonds. The molecule has 35 heteroatoms. The van der Waals surface area contributed by atoms with Gasteiger partial charge in [-0.15, -0.1) is 0 Å². The van der Waals surface area contributed by atoms with Crippen molar-refractivity contribution in [3.05, 3.63) is 59.2 Å². The summed E-state index contributed by atoms with van der Waals surface area (Å²) in [4.78, 5) is 195. The number of benzene rings is 2. The van der Waals surface area contributed by atoms with Gasteiger partial charge in [-0.2, -0.15) is 40.5 Å². The zero-order chi connectivity index (χ0) is 74.3. The third-order valence-electron chi connectivity index (χ3n) is 17.3. The molecule has 15 N–H and O–H groups in total. The van der Waals surface area contributed by atoms with Crippen molar-refractivity contribution in [3.63, 3.8) is 0 Å². The Morgan fingerprint density at radius 1 is 0.657 bits per heavy atom. The second-order valence-corrected chi connectivity index (χ2v) is 28.8. The van der Waals surface area contributed by atoms with E-state index in [2.05, 4.69) is 52.6 Å². The van der Waals surface area contributed by atoms with Crippen LogP contribution in [0.5, 0.6) is 11.5 Å². The van der Waals surface area contributed by atoms with Gasteiger partial charge in [-0.1, -0.05) is 37.2 Å². The zero-order valence-electron chi connectivity index (χ0n) is 57.7. The van der Waals surface area contributed by atoms with Crippen LogP contribution in [-0.2, 0) is 90.0 Å². The summed E-state index contributed by atoms with van der Waals surface area (Å²) >= 11 is 3.75. The molecular formula is C67H97N13O19S3. The van der Waals surface area contributed by atoms with E-state index in [0.29, 0.717) is 61.2 Å². The van der Waals surface area contributed by atoms with E-state index in [9.17, 15) is 73.0 Å². The Hall–Kier alpha value is -8.41. The summed E-state index contributed by atoms with van der Waals surface area (Å²) in [5.74, 6) is -11.8. The van der Waals surface area contributed by atoms with E-state index in [1.807, 2.05) is 12.1 Å². The number of unbranched alkanes of at least 4 members (excludes halogenated alkanes) is 1. The number of phenols is 1. The number of ether oxygens (including phenoxy) is 1. The van der Waals surface area contributed by atoms with E-state index >= 15 is 4.79 Å². The number of oxime groups is 1. The van der Waals surface area contributed by atoms with Gasteiger partial charge < -0.3 is 88.5 Å². The molecule has 4 bridgehead atoms. The van der Waals surface area contributed by atoms with E-state index in [-0.39, 0.29) is 112 Å². The Bertz CT molecular complexity index is 3260. The van der Waals surface area contributed by atoms with E-state index in [1.54, 1.807) is 26.2 Å². The summed E-state index contributed by atoms with van der Waals surface area (Å²) in [6.45, 7) is 4.31. The highest BCUT2D eigenvalue weighted by Crippen LogP contribution is 2.28. The lowest BCUT2D eigenvalue weighted by molar-refractivity contribution is -0.234. The van der Waals surface area contributed by atoms with Crippen molar-refractivity contribution in [2.24, 2.45) is 22.5 Å². The zero-order valence-corrected chi connectivity index (χ0v) is 60.1. The Morgan fingerprint density at radius 3 is 1.85 bits per heavy atom. The van der Waals surface area contributed by atoms with Crippen molar-refractivity contribution in [1.29, 1.82) is 0 Å². The first kappa shape index (κ1) is 82.5. The maximum Gasteiger partial charge on any atom is 0.344 e. The molecule has 562 valence electrons. The Kier molecular flexibility index (Phi) is 34.7. The van der Waals surface area contributed by atoms with E-state index in [4.69, 9.17) is 21.0 Å². The number of aliphatic carboxylic acids is 1. The number of aromatic hydroxyl groups is 1. The first-order valence-electron chi connectivity index (χ1n) is 34.3. The first-order valence-corrected chi connectivity index (χ1v) is 38.0.